The molecule has 1 aromatic rings. The first-order valence-corrected chi connectivity index (χ1v) is 7.19. The molecule has 3 N–H and O–H groups in total. The number of carbonyl (C=O) groups excluding carboxylic acids is 1. The van der Waals surface area contributed by atoms with E-state index in [4.69, 9.17) is 33.7 Å². The third-order valence-electron chi connectivity index (χ3n) is 3.83. The fourth-order valence-electron chi connectivity index (χ4n) is 2.15. The molecular weight excluding hydrogens is 299 g/mol. The van der Waals surface area contributed by atoms with Crippen LogP contribution in [0.4, 0.5) is 0 Å². The highest BCUT2D eigenvalue weighted by Crippen LogP contribution is 2.29. The number of benzene rings is 1. The molecule has 4 nitrogen and oxygen atoms in total. The molecule has 1 heterocycles. The van der Waals surface area contributed by atoms with Gasteiger partial charge in [0.25, 0.3) is 0 Å². The number of nitrogens with one attached hydrogen (secondary N) is 1. The van der Waals surface area contributed by atoms with Gasteiger partial charge in [-0.25, -0.2) is 0 Å². The van der Waals surface area contributed by atoms with Gasteiger partial charge in [-0.05, 0) is 31.5 Å². The van der Waals surface area contributed by atoms with Gasteiger partial charge in [0.15, 0.2) is 0 Å². The zero-order valence-electron chi connectivity index (χ0n) is 11.5. The van der Waals surface area contributed by atoms with E-state index in [0.717, 1.165) is 5.56 Å². The monoisotopic (exact) mass is 316 g/mol. The first-order valence-electron chi connectivity index (χ1n) is 6.44. The van der Waals surface area contributed by atoms with Crippen molar-refractivity contribution in [3.63, 3.8) is 0 Å². The maximum Gasteiger partial charge on any atom is 0.230 e. The topological polar surface area (TPSA) is 64.3 Å². The van der Waals surface area contributed by atoms with Crippen molar-refractivity contribution < 1.29 is 9.53 Å². The molecule has 1 aliphatic rings. The SMILES string of the molecule is CC(NC(=O)C1(C)COCC1N)c1ccc(Cl)c(Cl)c1. The van der Waals surface area contributed by atoms with Crippen LogP contribution in [-0.2, 0) is 9.53 Å². The van der Waals surface area contributed by atoms with Crippen molar-refractivity contribution in [2.75, 3.05) is 13.2 Å². The molecule has 3 unspecified atom stereocenters. The first-order chi connectivity index (χ1) is 9.34. The van der Waals surface area contributed by atoms with Gasteiger partial charge in [0.05, 0.1) is 34.7 Å². The quantitative estimate of drug-likeness (QED) is 0.900. The number of hydrogen-bond donors (Lipinski definition) is 2. The number of amides is 1. The first kappa shape index (κ1) is 15.6. The van der Waals surface area contributed by atoms with E-state index in [0.29, 0.717) is 23.3 Å². The Morgan fingerprint density at radius 3 is 2.75 bits per heavy atom. The van der Waals surface area contributed by atoms with E-state index >= 15 is 0 Å². The van der Waals surface area contributed by atoms with Gasteiger partial charge in [0, 0.05) is 6.04 Å². The maximum absolute atomic E-state index is 12.4. The lowest BCUT2D eigenvalue weighted by molar-refractivity contribution is -0.131. The average molecular weight is 317 g/mol. The minimum absolute atomic E-state index is 0.110. The van der Waals surface area contributed by atoms with Crippen molar-refractivity contribution in [3.05, 3.63) is 33.8 Å². The molecular formula is C14H18Cl2N2O2. The minimum atomic E-state index is -0.690. The van der Waals surface area contributed by atoms with Crippen molar-refractivity contribution >= 4 is 29.1 Å². The second kappa shape index (κ2) is 5.90. The molecule has 6 heteroatoms. The molecule has 3 atom stereocenters. The molecule has 0 radical (unpaired) electrons. The Bertz CT molecular complexity index is 524. The number of hydrogen-bond acceptors (Lipinski definition) is 3. The Morgan fingerprint density at radius 1 is 1.50 bits per heavy atom. The Labute approximate surface area is 128 Å². The number of ether oxygens (including phenoxy) is 1. The summed E-state index contributed by atoms with van der Waals surface area (Å²) in [5.41, 5.74) is 6.15. The highest BCUT2D eigenvalue weighted by Gasteiger charge is 2.44. The molecule has 2 rings (SSSR count). The van der Waals surface area contributed by atoms with Crippen LogP contribution in [0.2, 0.25) is 10.0 Å². The van der Waals surface area contributed by atoms with Crippen LogP contribution < -0.4 is 11.1 Å². The number of halogens is 2. The number of rotatable bonds is 3. The highest BCUT2D eigenvalue weighted by atomic mass is 35.5. The summed E-state index contributed by atoms with van der Waals surface area (Å²) in [6, 6.07) is 4.84. The highest BCUT2D eigenvalue weighted by molar-refractivity contribution is 6.42. The van der Waals surface area contributed by atoms with E-state index < -0.39 is 5.41 Å². The predicted octanol–water partition coefficient (Wildman–Crippen LogP) is 2.53. The molecule has 0 aromatic heterocycles. The van der Waals surface area contributed by atoms with Crippen molar-refractivity contribution in [2.24, 2.45) is 11.1 Å². The van der Waals surface area contributed by atoms with Crippen LogP contribution in [0.3, 0.4) is 0 Å². The van der Waals surface area contributed by atoms with Crippen LogP contribution in [0.1, 0.15) is 25.5 Å². The van der Waals surface area contributed by atoms with Gasteiger partial charge in [-0.15, -0.1) is 0 Å². The third kappa shape index (κ3) is 2.93. The minimum Gasteiger partial charge on any atom is -0.379 e. The Balaban J connectivity index is 2.09. The summed E-state index contributed by atoms with van der Waals surface area (Å²) in [6.07, 6.45) is 0. The summed E-state index contributed by atoms with van der Waals surface area (Å²) in [5.74, 6) is -0.110. The lowest BCUT2D eigenvalue weighted by Gasteiger charge is -2.27. The lowest BCUT2D eigenvalue weighted by atomic mass is 9.84. The van der Waals surface area contributed by atoms with Gasteiger partial charge in [-0.2, -0.15) is 0 Å². The predicted molar refractivity (Wildman–Crippen MR) is 79.9 cm³/mol. The molecule has 20 heavy (non-hydrogen) atoms. The summed E-state index contributed by atoms with van der Waals surface area (Å²) in [7, 11) is 0. The zero-order chi connectivity index (χ0) is 14.9. The van der Waals surface area contributed by atoms with Gasteiger partial charge in [0.2, 0.25) is 5.91 Å². The molecule has 1 amide bonds. The van der Waals surface area contributed by atoms with Crippen molar-refractivity contribution in [3.8, 4) is 0 Å². The van der Waals surface area contributed by atoms with Crippen molar-refractivity contribution in [1.82, 2.24) is 5.32 Å². The molecule has 1 fully saturated rings. The molecule has 0 spiro atoms. The fraction of sp³-hybridized carbons (Fsp3) is 0.500. The van der Waals surface area contributed by atoms with Crippen LogP contribution in [0, 0.1) is 5.41 Å². The summed E-state index contributed by atoms with van der Waals surface area (Å²) >= 11 is 11.9. The second-order valence-corrected chi connectivity index (χ2v) is 6.22. The van der Waals surface area contributed by atoms with Gasteiger partial charge >= 0.3 is 0 Å². The standard InChI is InChI=1S/C14H18Cl2N2O2/c1-8(9-3-4-10(15)11(16)5-9)18-13(19)14(2)7-20-6-12(14)17/h3-5,8,12H,6-7,17H2,1-2H3,(H,18,19). The van der Waals surface area contributed by atoms with Crippen LogP contribution >= 0.6 is 23.2 Å². The van der Waals surface area contributed by atoms with Crippen LogP contribution in [0.25, 0.3) is 0 Å². The number of carbonyl (C=O) groups is 1. The molecule has 0 aliphatic carbocycles. The van der Waals surface area contributed by atoms with Crippen molar-refractivity contribution in [1.29, 1.82) is 0 Å². The molecule has 1 saturated heterocycles. The fourth-order valence-corrected chi connectivity index (χ4v) is 2.46. The number of nitrogens with two attached hydrogens (primary N) is 1. The molecule has 1 aliphatic heterocycles. The van der Waals surface area contributed by atoms with E-state index in [1.165, 1.54) is 0 Å². The summed E-state index contributed by atoms with van der Waals surface area (Å²) in [5, 5.41) is 3.92. The maximum atomic E-state index is 12.4. The van der Waals surface area contributed by atoms with E-state index in [1.807, 2.05) is 19.9 Å². The van der Waals surface area contributed by atoms with Crippen LogP contribution in [0.5, 0.6) is 0 Å². The molecule has 0 saturated carbocycles. The van der Waals surface area contributed by atoms with E-state index in [-0.39, 0.29) is 18.0 Å². The van der Waals surface area contributed by atoms with Gasteiger partial charge < -0.3 is 15.8 Å². The van der Waals surface area contributed by atoms with Crippen LogP contribution in [0.15, 0.2) is 18.2 Å². The molecule has 0 bridgehead atoms. The smallest absolute Gasteiger partial charge is 0.230 e. The second-order valence-electron chi connectivity index (χ2n) is 5.41. The average Bonchev–Trinajstić information content (AvgIpc) is 2.74. The molecule has 1 aromatic carbocycles. The molecule has 110 valence electrons. The van der Waals surface area contributed by atoms with Gasteiger partial charge in [0.1, 0.15) is 0 Å². The summed E-state index contributed by atoms with van der Waals surface area (Å²) in [6.45, 7) is 4.46. The Kier molecular flexibility index (Phi) is 4.59. The Morgan fingerprint density at radius 2 is 2.20 bits per heavy atom. The largest absolute Gasteiger partial charge is 0.379 e. The van der Waals surface area contributed by atoms with E-state index in [9.17, 15) is 4.79 Å². The zero-order valence-corrected chi connectivity index (χ0v) is 13.0. The van der Waals surface area contributed by atoms with Gasteiger partial charge in [-0.3, -0.25) is 4.79 Å². The van der Waals surface area contributed by atoms with E-state index in [1.54, 1.807) is 12.1 Å². The third-order valence-corrected chi connectivity index (χ3v) is 4.57. The van der Waals surface area contributed by atoms with Gasteiger partial charge in [-0.1, -0.05) is 29.3 Å². The van der Waals surface area contributed by atoms with E-state index in [2.05, 4.69) is 5.32 Å². The van der Waals surface area contributed by atoms with Crippen LogP contribution in [-0.4, -0.2) is 25.2 Å². The lowest BCUT2D eigenvalue weighted by Crippen LogP contribution is -2.50. The summed E-state index contributed by atoms with van der Waals surface area (Å²) in [4.78, 5) is 12.4. The normalized spacial score (nSPS) is 27.4. The summed E-state index contributed by atoms with van der Waals surface area (Å²) < 4.78 is 5.29. The van der Waals surface area contributed by atoms with Crippen molar-refractivity contribution in [2.45, 2.75) is 25.9 Å². The Hall–Kier alpha value is -0.810.